The SMILES string of the molecule is COC(=O)c1ccc(-n2c(C)cc([C@@H]3[C@@H](c4ccccn4)NC(=S)N3c3ccc(Br)cc3)c2C)cc1. The minimum Gasteiger partial charge on any atom is -0.465 e. The van der Waals surface area contributed by atoms with Gasteiger partial charge in [-0.05, 0) is 98.4 Å². The second-order valence-corrected chi connectivity index (χ2v) is 9.98. The highest BCUT2D eigenvalue weighted by molar-refractivity contribution is 9.10. The molecule has 4 aromatic rings. The van der Waals surface area contributed by atoms with Crippen molar-refractivity contribution < 1.29 is 9.53 Å². The van der Waals surface area contributed by atoms with Crippen LogP contribution in [0.2, 0.25) is 0 Å². The summed E-state index contributed by atoms with van der Waals surface area (Å²) in [6, 6.07) is 23.6. The molecule has 1 saturated heterocycles. The normalized spacial score (nSPS) is 17.2. The zero-order chi connectivity index (χ0) is 25.4. The number of pyridine rings is 1. The van der Waals surface area contributed by atoms with Crippen LogP contribution in [0.1, 0.15) is 45.1 Å². The zero-order valence-corrected chi connectivity index (χ0v) is 22.5. The van der Waals surface area contributed by atoms with Crippen molar-refractivity contribution in [3.05, 3.63) is 112 Å². The first-order chi connectivity index (χ1) is 17.4. The molecule has 36 heavy (non-hydrogen) atoms. The summed E-state index contributed by atoms with van der Waals surface area (Å²) in [5, 5.41) is 4.18. The summed E-state index contributed by atoms with van der Waals surface area (Å²) in [5.74, 6) is -0.350. The van der Waals surface area contributed by atoms with Crippen molar-refractivity contribution >= 4 is 44.9 Å². The summed E-state index contributed by atoms with van der Waals surface area (Å²) in [6.07, 6.45) is 1.81. The van der Waals surface area contributed by atoms with E-state index in [1.807, 2.05) is 48.7 Å². The molecule has 2 aromatic heterocycles. The number of esters is 1. The van der Waals surface area contributed by atoms with E-state index in [0.717, 1.165) is 38.5 Å². The Bertz CT molecular complexity index is 1420. The highest BCUT2D eigenvalue weighted by atomic mass is 79.9. The number of benzene rings is 2. The number of aromatic nitrogens is 2. The van der Waals surface area contributed by atoms with Gasteiger partial charge in [0.25, 0.3) is 0 Å². The maximum Gasteiger partial charge on any atom is 0.337 e. The summed E-state index contributed by atoms with van der Waals surface area (Å²) in [5.41, 5.74) is 6.76. The van der Waals surface area contributed by atoms with Crippen molar-refractivity contribution in [3.8, 4) is 5.69 Å². The van der Waals surface area contributed by atoms with E-state index < -0.39 is 0 Å². The van der Waals surface area contributed by atoms with Crippen molar-refractivity contribution in [1.82, 2.24) is 14.9 Å². The van der Waals surface area contributed by atoms with Crippen LogP contribution in [0.3, 0.4) is 0 Å². The van der Waals surface area contributed by atoms with Crippen LogP contribution in [0.15, 0.2) is 83.5 Å². The van der Waals surface area contributed by atoms with Crippen molar-refractivity contribution in [3.63, 3.8) is 0 Å². The molecule has 182 valence electrons. The summed E-state index contributed by atoms with van der Waals surface area (Å²) < 4.78 is 8.06. The van der Waals surface area contributed by atoms with Crippen LogP contribution in [-0.4, -0.2) is 27.7 Å². The molecule has 5 rings (SSSR count). The first kappa shape index (κ1) is 24.2. The number of nitrogens with one attached hydrogen (secondary N) is 1. The quantitative estimate of drug-likeness (QED) is 0.231. The maximum absolute atomic E-state index is 11.9. The number of halogens is 1. The molecule has 1 fully saturated rings. The van der Waals surface area contributed by atoms with Gasteiger partial charge in [-0.1, -0.05) is 22.0 Å². The smallest absolute Gasteiger partial charge is 0.337 e. The molecule has 6 nitrogen and oxygen atoms in total. The van der Waals surface area contributed by atoms with Crippen LogP contribution in [0.4, 0.5) is 5.69 Å². The number of carbonyl (C=O) groups excluding carboxylic acids is 1. The lowest BCUT2D eigenvalue weighted by atomic mass is 9.96. The fraction of sp³-hybridized carbons (Fsp3) is 0.179. The second kappa shape index (κ2) is 9.87. The number of hydrogen-bond donors (Lipinski definition) is 1. The van der Waals surface area contributed by atoms with Crippen LogP contribution in [0.25, 0.3) is 5.69 Å². The summed E-state index contributed by atoms with van der Waals surface area (Å²) >= 11 is 9.40. The highest BCUT2D eigenvalue weighted by Crippen LogP contribution is 2.43. The van der Waals surface area contributed by atoms with Crippen LogP contribution >= 0.6 is 28.1 Å². The Labute approximate surface area is 224 Å². The molecule has 1 N–H and O–H groups in total. The molecule has 8 heteroatoms. The number of thiocarbonyl (C=S) groups is 1. The highest BCUT2D eigenvalue weighted by Gasteiger charge is 2.42. The molecule has 0 amide bonds. The molecular weight excluding hydrogens is 536 g/mol. The predicted molar refractivity (Wildman–Crippen MR) is 149 cm³/mol. The fourth-order valence-corrected chi connectivity index (χ4v) is 5.51. The van der Waals surface area contributed by atoms with Crippen molar-refractivity contribution in [2.45, 2.75) is 25.9 Å². The zero-order valence-electron chi connectivity index (χ0n) is 20.1. The number of hydrogen-bond acceptors (Lipinski definition) is 4. The standard InChI is InChI=1S/C28H25BrN4O2S/c1-17-16-23(18(2)32(17)21-11-7-19(8-12-21)27(34)35-3)26-25(24-6-4-5-15-30-24)31-28(36)33(26)22-13-9-20(29)10-14-22/h4-16,25-26H,1-3H3,(H,31,36)/t25-,26-/m1/s1. The maximum atomic E-state index is 11.9. The lowest BCUT2D eigenvalue weighted by Gasteiger charge is -2.28. The van der Waals surface area contributed by atoms with Gasteiger partial charge in [-0.25, -0.2) is 4.79 Å². The fourth-order valence-electron chi connectivity index (χ4n) is 4.90. The molecule has 0 saturated carbocycles. The number of nitrogens with zero attached hydrogens (tertiary/aromatic N) is 3. The van der Waals surface area contributed by atoms with Gasteiger partial charge in [-0.15, -0.1) is 0 Å². The lowest BCUT2D eigenvalue weighted by Crippen LogP contribution is -2.29. The first-order valence-electron chi connectivity index (χ1n) is 11.5. The first-order valence-corrected chi connectivity index (χ1v) is 12.7. The predicted octanol–water partition coefficient (Wildman–Crippen LogP) is 6.22. The Balaban J connectivity index is 1.63. The van der Waals surface area contributed by atoms with Gasteiger partial charge in [0.05, 0.1) is 30.5 Å². The Morgan fingerprint density at radius 1 is 1.03 bits per heavy atom. The van der Waals surface area contributed by atoms with E-state index in [-0.39, 0.29) is 18.1 Å². The molecule has 0 bridgehead atoms. The monoisotopic (exact) mass is 560 g/mol. The van der Waals surface area contributed by atoms with Crippen molar-refractivity contribution in [2.24, 2.45) is 0 Å². The Hall–Kier alpha value is -3.49. The van der Waals surface area contributed by atoms with E-state index in [4.69, 9.17) is 17.0 Å². The lowest BCUT2D eigenvalue weighted by molar-refractivity contribution is 0.0600. The third-order valence-electron chi connectivity index (χ3n) is 6.54. The molecule has 1 aliphatic rings. The van der Waals surface area contributed by atoms with Gasteiger partial charge in [-0.3, -0.25) is 4.98 Å². The minimum absolute atomic E-state index is 0.108. The molecule has 0 spiro atoms. The van der Waals surface area contributed by atoms with Crippen molar-refractivity contribution in [2.75, 3.05) is 12.0 Å². The van der Waals surface area contributed by atoms with Gasteiger partial charge in [0, 0.05) is 33.4 Å². The van der Waals surface area contributed by atoms with E-state index in [1.165, 1.54) is 7.11 Å². The molecule has 2 atom stereocenters. The Morgan fingerprint density at radius 3 is 2.36 bits per heavy atom. The van der Waals surface area contributed by atoms with Crippen LogP contribution < -0.4 is 10.2 Å². The average Bonchev–Trinajstić information content (AvgIpc) is 3.39. The molecule has 1 aliphatic heterocycles. The topological polar surface area (TPSA) is 59.4 Å². The van der Waals surface area contributed by atoms with Gasteiger partial charge in [-0.2, -0.15) is 0 Å². The molecule has 0 radical (unpaired) electrons. The molecule has 2 aromatic carbocycles. The number of aryl methyl sites for hydroxylation is 1. The third-order valence-corrected chi connectivity index (χ3v) is 7.38. The Kier molecular flexibility index (Phi) is 6.64. The summed E-state index contributed by atoms with van der Waals surface area (Å²) in [4.78, 5) is 18.7. The minimum atomic E-state index is -0.350. The van der Waals surface area contributed by atoms with Crippen LogP contribution in [-0.2, 0) is 4.74 Å². The molecular formula is C28H25BrN4O2S. The summed E-state index contributed by atoms with van der Waals surface area (Å²) in [7, 11) is 1.39. The van der Waals surface area contributed by atoms with E-state index in [1.54, 1.807) is 12.1 Å². The van der Waals surface area contributed by atoms with Gasteiger partial charge < -0.3 is 19.5 Å². The third kappa shape index (κ3) is 4.31. The molecule has 0 unspecified atom stereocenters. The van der Waals surface area contributed by atoms with Crippen LogP contribution in [0, 0.1) is 13.8 Å². The molecule has 3 heterocycles. The number of ether oxygens (including phenoxy) is 1. The van der Waals surface area contributed by atoms with E-state index in [2.05, 4.69) is 67.7 Å². The van der Waals surface area contributed by atoms with E-state index in [9.17, 15) is 4.79 Å². The largest absolute Gasteiger partial charge is 0.465 e. The van der Waals surface area contributed by atoms with E-state index in [0.29, 0.717) is 10.7 Å². The number of carbonyl (C=O) groups is 1. The number of anilines is 1. The number of methoxy groups -OCH3 is 1. The summed E-state index contributed by atoms with van der Waals surface area (Å²) in [6.45, 7) is 4.21. The van der Waals surface area contributed by atoms with Gasteiger partial charge in [0.15, 0.2) is 5.11 Å². The second-order valence-electron chi connectivity index (χ2n) is 8.67. The van der Waals surface area contributed by atoms with Crippen molar-refractivity contribution in [1.29, 1.82) is 0 Å². The average molecular weight is 562 g/mol. The Morgan fingerprint density at radius 2 is 1.72 bits per heavy atom. The van der Waals surface area contributed by atoms with Gasteiger partial charge in [0.1, 0.15) is 0 Å². The number of rotatable bonds is 5. The molecule has 0 aliphatic carbocycles. The van der Waals surface area contributed by atoms with Gasteiger partial charge >= 0.3 is 5.97 Å². The van der Waals surface area contributed by atoms with E-state index >= 15 is 0 Å². The van der Waals surface area contributed by atoms with Gasteiger partial charge in [0.2, 0.25) is 0 Å². The van der Waals surface area contributed by atoms with Crippen LogP contribution in [0.5, 0.6) is 0 Å².